The van der Waals surface area contributed by atoms with Gasteiger partial charge in [0.25, 0.3) is 5.91 Å². The Morgan fingerprint density at radius 2 is 2.11 bits per heavy atom. The first-order valence-electron chi connectivity index (χ1n) is 6.19. The molecule has 5 nitrogen and oxygen atoms in total. The van der Waals surface area contributed by atoms with Gasteiger partial charge in [-0.3, -0.25) is 4.79 Å². The molecule has 94 valence electrons. The maximum atomic E-state index is 11.5. The Morgan fingerprint density at radius 1 is 1.33 bits per heavy atom. The average Bonchev–Trinajstić information content (AvgIpc) is 2.75. The van der Waals surface area contributed by atoms with E-state index in [1.165, 1.54) is 10.7 Å². The van der Waals surface area contributed by atoms with Gasteiger partial charge in [-0.25, -0.2) is 5.01 Å². The van der Waals surface area contributed by atoms with E-state index in [0.29, 0.717) is 18.4 Å². The van der Waals surface area contributed by atoms with Gasteiger partial charge in [-0.05, 0) is 11.5 Å². The zero-order valence-corrected chi connectivity index (χ0v) is 10.3. The van der Waals surface area contributed by atoms with Crippen molar-refractivity contribution in [1.29, 1.82) is 0 Å². The predicted molar refractivity (Wildman–Crippen MR) is 68.1 cm³/mol. The molecule has 1 amide bonds. The molecule has 3 rings (SSSR count). The summed E-state index contributed by atoms with van der Waals surface area (Å²) < 4.78 is 0. The monoisotopic (exact) mass is 244 g/mol. The third-order valence-electron chi connectivity index (χ3n) is 3.42. The van der Waals surface area contributed by atoms with Crippen molar-refractivity contribution in [2.24, 2.45) is 11.0 Å². The Kier molecular flexibility index (Phi) is 2.85. The van der Waals surface area contributed by atoms with Crippen LogP contribution < -0.4 is 5.53 Å². The van der Waals surface area contributed by atoms with E-state index >= 15 is 0 Å². The maximum Gasteiger partial charge on any atom is 0.264 e. The molecule has 1 saturated heterocycles. The number of benzene rings is 1. The second-order valence-electron chi connectivity index (χ2n) is 4.79. The van der Waals surface area contributed by atoms with Crippen molar-refractivity contribution in [3.8, 4) is 0 Å². The Balaban J connectivity index is 1.70. The number of carbonyl (C=O) groups excluding carboxylic acids is 1. The van der Waals surface area contributed by atoms with Crippen LogP contribution in [-0.2, 0) is 4.79 Å². The van der Waals surface area contributed by atoms with Crippen LogP contribution in [0.4, 0.5) is 0 Å². The molecule has 2 aliphatic heterocycles. The van der Waals surface area contributed by atoms with Gasteiger partial charge in [0.1, 0.15) is 0 Å². The van der Waals surface area contributed by atoms with Crippen molar-refractivity contribution in [2.45, 2.75) is 19.4 Å². The van der Waals surface area contributed by atoms with Gasteiger partial charge in [0.15, 0.2) is 0 Å². The first-order valence-corrected chi connectivity index (χ1v) is 6.19. The number of carbonyl (C=O) groups is 1. The maximum absolute atomic E-state index is 11.5. The van der Waals surface area contributed by atoms with Gasteiger partial charge in [0.05, 0.1) is 12.5 Å². The molecule has 2 unspecified atom stereocenters. The van der Waals surface area contributed by atoms with E-state index < -0.39 is 0 Å². The molecule has 1 aromatic rings. The predicted octanol–water partition coefficient (Wildman–Crippen LogP) is 1.32. The highest BCUT2D eigenvalue weighted by Crippen LogP contribution is 2.36. The summed E-state index contributed by atoms with van der Waals surface area (Å²) in [5, 5.41) is 7.38. The summed E-state index contributed by atoms with van der Waals surface area (Å²) in [6.45, 7) is 3.13. The minimum Gasteiger partial charge on any atom is -0.271 e. The molecule has 2 atom stereocenters. The van der Waals surface area contributed by atoms with Crippen molar-refractivity contribution in [2.75, 3.05) is 6.54 Å². The van der Waals surface area contributed by atoms with Crippen LogP contribution in [0, 0.1) is 5.92 Å². The lowest BCUT2D eigenvalue weighted by atomic mass is 9.87. The molecule has 0 aliphatic carbocycles. The van der Waals surface area contributed by atoms with Crippen LogP contribution in [0.25, 0.3) is 0 Å². The van der Waals surface area contributed by atoms with Crippen LogP contribution in [0.15, 0.2) is 35.4 Å². The van der Waals surface area contributed by atoms with E-state index in [1.807, 2.05) is 18.2 Å². The minimum atomic E-state index is -0.0126. The molecule has 0 bridgehead atoms. The normalized spacial score (nSPS) is 27.6. The van der Waals surface area contributed by atoms with Gasteiger partial charge in [-0.15, -0.1) is 10.7 Å². The van der Waals surface area contributed by atoms with Crippen LogP contribution >= 0.6 is 0 Å². The fourth-order valence-electron chi connectivity index (χ4n) is 2.51. The molecule has 0 aromatic heterocycles. The van der Waals surface area contributed by atoms with Crippen molar-refractivity contribution >= 4 is 12.1 Å². The number of nitrogens with one attached hydrogen (secondary N) is 1. The lowest BCUT2D eigenvalue weighted by molar-refractivity contribution is -0.148. The molecule has 2 heterocycles. The summed E-state index contributed by atoms with van der Waals surface area (Å²) in [6, 6.07) is 10.6. The quantitative estimate of drug-likeness (QED) is 0.872. The van der Waals surface area contributed by atoms with Crippen LogP contribution in [0.1, 0.15) is 24.9 Å². The largest absolute Gasteiger partial charge is 0.271 e. The summed E-state index contributed by atoms with van der Waals surface area (Å²) >= 11 is 0. The Hall–Kier alpha value is -1.72. The molecule has 5 heteroatoms. The van der Waals surface area contributed by atoms with Crippen LogP contribution in [0.2, 0.25) is 0 Å². The van der Waals surface area contributed by atoms with Crippen molar-refractivity contribution in [1.82, 2.24) is 15.7 Å². The van der Waals surface area contributed by atoms with Crippen LogP contribution in [0.3, 0.4) is 0 Å². The summed E-state index contributed by atoms with van der Waals surface area (Å²) in [5.74, 6) is 0.558. The molecule has 0 spiro atoms. The number of amides is 1. The van der Waals surface area contributed by atoms with E-state index in [0.717, 1.165) is 6.54 Å². The molecule has 1 fully saturated rings. The average molecular weight is 244 g/mol. The third kappa shape index (κ3) is 1.91. The highest BCUT2D eigenvalue weighted by Gasteiger charge is 2.38. The fourth-order valence-corrected chi connectivity index (χ4v) is 2.51. The Labute approximate surface area is 106 Å². The standard InChI is InChI=1S/C13H16N4O/c1-10-9-16(15-17-12(18)7-8-14-17)13(10)11-5-3-2-4-6-11/h2-6,8,10,13,15H,7,9H2,1H3. The topological polar surface area (TPSA) is 47.9 Å². The molecule has 1 N–H and O–H groups in total. The first-order chi connectivity index (χ1) is 8.75. The molecule has 0 saturated carbocycles. The number of hydrogen-bond acceptors (Lipinski definition) is 4. The number of nitrogens with zero attached hydrogens (tertiary/aromatic N) is 3. The molecular weight excluding hydrogens is 228 g/mol. The van der Waals surface area contributed by atoms with E-state index in [2.05, 4.69) is 34.7 Å². The Bertz CT molecular complexity index is 473. The zero-order chi connectivity index (χ0) is 12.5. The molecule has 18 heavy (non-hydrogen) atoms. The number of hydrazone groups is 1. The van der Waals surface area contributed by atoms with Gasteiger partial charge >= 0.3 is 0 Å². The number of hydrogen-bond donors (Lipinski definition) is 1. The lowest BCUT2D eigenvalue weighted by Gasteiger charge is -2.47. The van der Waals surface area contributed by atoms with E-state index in [4.69, 9.17) is 0 Å². The smallest absolute Gasteiger partial charge is 0.264 e. The van der Waals surface area contributed by atoms with E-state index in [9.17, 15) is 4.79 Å². The summed E-state index contributed by atoms with van der Waals surface area (Å²) in [5.41, 5.74) is 4.33. The van der Waals surface area contributed by atoms with Gasteiger partial charge in [0, 0.05) is 12.8 Å². The van der Waals surface area contributed by atoms with Crippen molar-refractivity contribution in [3.63, 3.8) is 0 Å². The van der Waals surface area contributed by atoms with Crippen molar-refractivity contribution < 1.29 is 4.79 Å². The van der Waals surface area contributed by atoms with E-state index in [1.54, 1.807) is 6.21 Å². The zero-order valence-electron chi connectivity index (χ0n) is 10.3. The molecular formula is C13H16N4O. The highest BCUT2D eigenvalue weighted by atomic mass is 16.2. The van der Waals surface area contributed by atoms with E-state index in [-0.39, 0.29) is 5.91 Å². The second kappa shape index (κ2) is 4.51. The third-order valence-corrected chi connectivity index (χ3v) is 3.42. The van der Waals surface area contributed by atoms with Crippen LogP contribution in [-0.4, -0.2) is 28.8 Å². The summed E-state index contributed by atoms with van der Waals surface area (Å²) in [7, 11) is 0. The number of hydrazine groups is 2. The van der Waals surface area contributed by atoms with Gasteiger partial charge in [-0.1, -0.05) is 37.3 Å². The number of rotatable bonds is 3. The molecule has 0 radical (unpaired) electrons. The second-order valence-corrected chi connectivity index (χ2v) is 4.79. The Morgan fingerprint density at radius 3 is 2.72 bits per heavy atom. The van der Waals surface area contributed by atoms with Gasteiger partial charge in [0.2, 0.25) is 0 Å². The first kappa shape index (κ1) is 11.4. The lowest BCUT2D eigenvalue weighted by Crippen LogP contribution is -2.59. The summed E-state index contributed by atoms with van der Waals surface area (Å²) in [6.07, 6.45) is 2.00. The van der Waals surface area contributed by atoms with Gasteiger partial charge in [-0.2, -0.15) is 5.10 Å². The summed E-state index contributed by atoms with van der Waals surface area (Å²) in [4.78, 5) is 11.5. The minimum absolute atomic E-state index is 0.0126. The fraction of sp³-hybridized carbons (Fsp3) is 0.385. The van der Waals surface area contributed by atoms with Crippen LogP contribution in [0.5, 0.6) is 0 Å². The van der Waals surface area contributed by atoms with Crippen molar-refractivity contribution in [3.05, 3.63) is 35.9 Å². The molecule has 2 aliphatic rings. The molecule has 1 aromatic carbocycles. The highest BCUT2D eigenvalue weighted by molar-refractivity contribution is 5.93. The van der Waals surface area contributed by atoms with Gasteiger partial charge < -0.3 is 0 Å². The SMILES string of the molecule is CC1CN(NN2N=CCC2=O)C1c1ccccc1.